The quantitative estimate of drug-likeness (QED) is 0.239. The van der Waals surface area contributed by atoms with Crippen LogP contribution in [-0.2, 0) is 16.5 Å². The lowest BCUT2D eigenvalue weighted by molar-refractivity contribution is -0.137. The number of ether oxygens (including phenoxy) is 2. The Morgan fingerprint density at radius 1 is 0.750 bits per heavy atom. The standard InChI is InChI=1S/C32H27F3N2O3/c1-4-37(5-2)23-13-15-26-29(19-23)39-28-16-14-22(36(3)21-10-8-9-20(17-21)32(33,34)35)18-27(28)31(26)25-12-7-6-11-24(25)30(38)40-31/h6-19H,4-5H2,1-3H3/t31-/m0/s1. The number of anilines is 3. The lowest BCUT2D eigenvalue weighted by atomic mass is 9.77. The Morgan fingerprint density at radius 3 is 2.23 bits per heavy atom. The first-order valence-electron chi connectivity index (χ1n) is 13.1. The van der Waals surface area contributed by atoms with Crippen LogP contribution in [0.4, 0.5) is 30.2 Å². The third-order valence-electron chi connectivity index (χ3n) is 7.76. The lowest BCUT2D eigenvalue weighted by Crippen LogP contribution is -2.33. The molecular formula is C32H27F3N2O3. The fraction of sp³-hybridized carbons (Fsp3) is 0.219. The molecule has 0 aliphatic carbocycles. The second-order valence-corrected chi connectivity index (χ2v) is 9.86. The molecule has 1 atom stereocenters. The number of benzene rings is 4. The van der Waals surface area contributed by atoms with Crippen molar-refractivity contribution >= 4 is 23.0 Å². The predicted molar refractivity (Wildman–Crippen MR) is 148 cm³/mol. The summed E-state index contributed by atoms with van der Waals surface area (Å²) in [6, 6.07) is 23.7. The van der Waals surface area contributed by atoms with Crippen molar-refractivity contribution in [1.82, 2.24) is 0 Å². The number of fused-ring (bicyclic) bond motifs is 6. The normalized spacial score (nSPS) is 17.0. The van der Waals surface area contributed by atoms with Crippen LogP contribution in [0, 0.1) is 0 Å². The molecule has 0 bridgehead atoms. The Hall–Kier alpha value is -4.46. The number of hydrogen-bond donors (Lipinski definition) is 0. The largest absolute Gasteiger partial charge is 0.456 e. The van der Waals surface area contributed by atoms with Gasteiger partial charge in [-0.1, -0.05) is 24.3 Å². The van der Waals surface area contributed by atoms with Gasteiger partial charge in [0.05, 0.1) is 11.1 Å². The molecule has 0 aromatic heterocycles. The van der Waals surface area contributed by atoms with Crippen molar-refractivity contribution < 1.29 is 27.4 Å². The van der Waals surface area contributed by atoms with Crippen molar-refractivity contribution in [3.05, 3.63) is 113 Å². The average molecular weight is 545 g/mol. The molecule has 40 heavy (non-hydrogen) atoms. The lowest BCUT2D eigenvalue weighted by Gasteiger charge is -2.38. The van der Waals surface area contributed by atoms with Gasteiger partial charge in [-0.05, 0) is 68.4 Å². The molecule has 0 saturated heterocycles. The van der Waals surface area contributed by atoms with Crippen LogP contribution in [-0.4, -0.2) is 26.1 Å². The van der Waals surface area contributed by atoms with E-state index < -0.39 is 23.3 Å². The first kappa shape index (κ1) is 25.8. The van der Waals surface area contributed by atoms with Gasteiger partial charge in [-0.15, -0.1) is 0 Å². The van der Waals surface area contributed by atoms with Gasteiger partial charge in [0, 0.05) is 60.0 Å². The van der Waals surface area contributed by atoms with Crippen molar-refractivity contribution in [3.63, 3.8) is 0 Å². The third kappa shape index (κ3) is 3.89. The highest BCUT2D eigenvalue weighted by Crippen LogP contribution is 2.57. The molecule has 0 fully saturated rings. The predicted octanol–water partition coefficient (Wildman–Crippen LogP) is 7.89. The number of nitrogens with zero attached hydrogens (tertiary/aromatic N) is 2. The number of carbonyl (C=O) groups is 1. The molecule has 0 N–H and O–H groups in total. The van der Waals surface area contributed by atoms with Crippen molar-refractivity contribution in [2.75, 3.05) is 29.9 Å². The van der Waals surface area contributed by atoms with Crippen molar-refractivity contribution in [2.24, 2.45) is 0 Å². The zero-order chi connectivity index (χ0) is 28.2. The number of alkyl halides is 3. The monoisotopic (exact) mass is 544 g/mol. The Labute approximate surface area is 230 Å². The number of esters is 1. The van der Waals surface area contributed by atoms with Crippen LogP contribution in [0.25, 0.3) is 0 Å². The molecule has 4 aromatic carbocycles. The first-order chi connectivity index (χ1) is 19.2. The van der Waals surface area contributed by atoms with Gasteiger partial charge < -0.3 is 19.3 Å². The van der Waals surface area contributed by atoms with Gasteiger partial charge in [0.2, 0.25) is 0 Å². The second kappa shape index (κ2) is 9.33. The molecule has 1 spiro atoms. The summed E-state index contributed by atoms with van der Waals surface area (Å²) >= 11 is 0. The van der Waals surface area contributed by atoms with Crippen LogP contribution in [0.5, 0.6) is 11.5 Å². The van der Waals surface area contributed by atoms with E-state index in [0.29, 0.717) is 45.1 Å². The minimum absolute atomic E-state index is 0.369. The zero-order valence-corrected chi connectivity index (χ0v) is 22.3. The number of carbonyl (C=O) groups excluding carboxylic acids is 1. The van der Waals surface area contributed by atoms with E-state index in [1.807, 2.05) is 36.4 Å². The molecule has 0 amide bonds. The summed E-state index contributed by atoms with van der Waals surface area (Å²) in [6.07, 6.45) is -4.46. The summed E-state index contributed by atoms with van der Waals surface area (Å²) in [6.45, 7) is 5.80. The van der Waals surface area contributed by atoms with E-state index in [2.05, 4.69) is 18.7 Å². The second-order valence-electron chi connectivity index (χ2n) is 9.86. The van der Waals surface area contributed by atoms with E-state index in [1.54, 1.807) is 42.3 Å². The van der Waals surface area contributed by atoms with E-state index >= 15 is 0 Å². The molecule has 4 aromatic rings. The molecule has 8 heteroatoms. The van der Waals surface area contributed by atoms with E-state index in [1.165, 1.54) is 6.07 Å². The van der Waals surface area contributed by atoms with Crippen LogP contribution >= 0.6 is 0 Å². The maximum absolute atomic E-state index is 13.4. The topological polar surface area (TPSA) is 42.0 Å². The maximum atomic E-state index is 13.4. The number of halogens is 3. The van der Waals surface area contributed by atoms with Gasteiger partial charge in [-0.2, -0.15) is 13.2 Å². The molecule has 0 unspecified atom stereocenters. The molecule has 5 nitrogen and oxygen atoms in total. The zero-order valence-electron chi connectivity index (χ0n) is 22.3. The number of rotatable bonds is 5. The Kier molecular flexibility index (Phi) is 6.02. The molecule has 2 aliphatic rings. The third-order valence-corrected chi connectivity index (χ3v) is 7.76. The molecule has 0 saturated carbocycles. The highest BCUT2D eigenvalue weighted by molar-refractivity contribution is 5.97. The Balaban J connectivity index is 1.53. The summed E-state index contributed by atoms with van der Waals surface area (Å²) < 4.78 is 52.9. The van der Waals surface area contributed by atoms with Gasteiger partial charge in [-0.25, -0.2) is 4.79 Å². The SMILES string of the molecule is CCN(CC)c1ccc2c(c1)Oc1ccc(N(C)c3cccc(C(F)(F)F)c3)cc1[C@@]21OC(=O)c2ccccc21. The molecule has 2 heterocycles. The van der Waals surface area contributed by atoms with Crippen LogP contribution < -0.4 is 14.5 Å². The van der Waals surface area contributed by atoms with Gasteiger partial charge in [0.25, 0.3) is 0 Å². The van der Waals surface area contributed by atoms with E-state index in [4.69, 9.17) is 9.47 Å². The van der Waals surface area contributed by atoms with Crippen molar-refractivity contribution in [3.8, 4) is 11.5 Å². The van der Waals surface area contributed by atoms with Gasteiger partial charge in [0.15, 0.2) is 5.60 Å². The van der Waals surface area contributed by atoms with Gasteiger partial charge >= 0.3 is 12.1 Å². The molecule has 2 aliphatic heterocycles. The van der Waals surface area contributed by atoms with Gasteiger partial charge in [0.1, 0.15) is 11.5 Å². The summed E-state index contributed by atoms with van der Waals surface area (Å²) in [7, 11) is 1.70. The van der Waals surface area contributed by atoms with E-state index in [9.17, 15) is 18.0 Å². The molecular weight excluding hydrogens is 517 g/mol. The molecule has 0 radical (unpaired) electrons. The molecule has 6 rings (SSSR count). The Morgan fingerprint density at radius 2 is 1.48 bits per heavy atom. The van der Waals surface area contributed by atoms with Crippen LogP contribution in [0.2, 0.25) is 0 Å². The minimum Gasteiger partial charge on any atom is -0.456 e. The minimum atomic E-state index is -4.46. The summed E-state index contributed by atoms with van der Waals surface area (Å²) in [4.78, 5) is 17.1. The Bertz CT molecular complexity index is 1630. The number of hydrogen-bond acceptors (Lipinski definition) is 5. The van der Waals surface area contributed by atoms with E-state index in [0.717, 1.165) is 30.9 Å². The van der Waals surface area contributed by atoms with Crippen molar-refractivity contribution in [2.45, 2.75) is 25.6 Å². The van der Waals surface area contributed by atoms with Crippen LogP contribution in [0.3, 0.4) is 0 Å². The highest BCUT2D eigenvalue weighted by atomic mass is 19.4. The van der Waals surface area contributed by atoms with Crippen LogP contribution in [0.15, 0.2) is 84.9 Å². The fourth-order valence-corrected chi connectivity index (χ4v) is 5.68. The summed E-state index contributed by atoms with van der Waals surface area (Å²) in [5.41, 5.74) is 2.41. The first-order valence-corrected chi connectivity index (χ1v) is 13.1. The average Bonchev–Trinajstić information content (AvgIpc) is 3.25. The van der Waals surface area contributed by atoms with Crippen molar-refractivity contribution in [1.29, 1.82) is 0 Å². The highest BCUT2D eigenvalue weighted by Gasteiger charge is 2.53. The summed E-state index contributed by atoms with van der Waals surface area (Å²) in [5, 5.41) is 0. The maximum Gasteiger partial charge on any atom is 0.416 e. The van der Waals surface area contributed by atoms with E-state index in [-0.39, 0.29) is 0 Å². The smallest absolute Gasteiger partial charge is 0.416 e. The van der Waals surface area contributed by atoms with Gasteiger partial charge in [-0.3, -0.25) is 0 Å². The fourth-order valence-electron chi connectivity index (χ4n) is 5.68. The van der Waals surface area contributed by atoms with Crippen LogP contribution in [0.1, 0.15) is 46.5 Å². The molecule has 204 valence electrons. The summed E-state index contributed by atoms with van der Waals surface area (Å²) in [5.74, 6) is 0.647.